The standard InChI is InChI=1S/C13H12ClNO2/c1-9-6-7-17-12(9)13(16)15-8-10-4-2-3-5-11(10)14/h2-7H,8H2,1H3,(H,15,16). The number of carbonyl (C=O) groups excluding carboxylic acids is 1. The van der Waals surface area contributed by atoms with Gasteiger partial charge in [0, 0.05) is 17.1 Å². The average molecular weight is 250 g/mol. The van der Waals surface area contributed by atoms with Gasteiger partial charge in [0.2, 0.25) is 0 Å². The van der Waals surface area contributed by atoms with Crippen LogP contribution >= 0.6 is 11.6 Å². The van der Waals surface area contributed by atoms with E-state index in [-0.39, 0.29) is 5.91 Å². The Bertz CT molecular complexity index is 534. The van der Waals surface area contributed by atoms with Crippen LogP contribution in [0.5, 0.6) is 0 Å². The van der Waals surface area contributed by atoms with Crippen LogP contribution in [0.1, 0.15) is 21.7 Å². The molecule has 0 saturated carbocycles. The van der Waals surface area contributed by atoms with E-state index in [9.17, 15) is 4.79 Å². The van der Waals surface area contributed by atoms with Crippen molar-refractivity contribution in [1.82, 2.24) is 5.32 Å². The number of halogens is 1. The first-order chi connectivity index (χ1) is 8.18. The van der Waals surface area contributed by atoms with Crippen molar-refractivity contribution < 1.29 is 9.21 Å². The molecule has 0 bridgehead atoms. The molecule has 0 aliphatic rings. The van der Waals surface area contributed by atoms with Gasteiger partial charge in [-0.05, 0) is 24.6 Å². The highest BCUT2D eigenvalue weighted by molar-refractivity contribution is 6.31. The van der Waals surface area contributed by atoms with Crippen molar-refractivity contribution in [2.24, 2.45) is 0 Å². The molecule has 3 nitrogen and oxygen atoms in total. The zero-order valence-electron chi connectivity index (χ0n) is 9.37. The Balaban J connectivity index is 2.02. The number of furan rings is 1. The molecule has 17 heavy (non-hydrogen) atoms. The van der Waals surface area contributed by atoms with Crippen molar-refractivity contribution in [2.45, 2.75) is 13.5 Å². The van der Waals surface area contributed by atoms with Gasteiger partial charge in [-0.1, -0.05) is 29.8 Å². The Labute approximate surface area is 104 Å². The summed E-state index contributed by atoms with van der Waals surface area (Å²) >= 11 is 5.99. The van der Waals surface area contributed by atoms with Gasteiger partial charge in [0.15, 0.2) is 5.76 Å². The monoisotopic (exact) mass is 249 g/mol. The molecule has 0 spiro atoms. The topological polar surface area (TPSA) is 42.2 Å². The van der Waals surface area contributed by atoms with Crippen molar-refractivity contribution in [1.29, 1.82) is 0 Å². The van der Waals surface area contributed by atoms with Crippen LogP contribution in [0.4, 0.5) is 0 Å². The zero-order chi connectivity index (χ0) is 12.3. The van der Waals surface area contributed by atoms with Crippen LogP contribution in [-0.2, 0) is 6.54 Å². The fraction of sp³-hybridized carbons (Fsp3) is 0.154. The SMILES string of the molecule is Cc1ccoc1C(=O)NCc1ccccc1Cl. The first-order valence-corrected chi connectivity index (χ1v) is 5.62. The zero-order valence-corrected chi connectivity index (χ0v) is 10.1. The lowest BCUT2D eigenvalue weighted by atomic mass is 10.2. The van der Waals surface area contributed by atoms with E-state index in [1.807, 2.05) is 25.1 Å². The fourth-order valence-corrected chi connectivity index (χ4v) is 1.71. The molecule has 0 unspecified atom stereocenters. The van der Waals surface area contributed by atoms with Crippen molar-refractivity contribution >= 4 is 17.5 Å². The van der Waals surface area contributed by atoms with Gasteiger partial charge < -0.3 is 9.73 Å². The molecule has 1 aromatic heterocycles. The number of hydrogen-bond donors (Lipinski definition) is 1. The summed E-state index contributed by atoms with van der Waals surface area (Å²) in [6, 6.07) is 9.15. The Morgan fingerprint density at radius 3 is 2.76 bits per heavy atom. The molecule has 1 N–H and O–H groups in total. The summed E-state index contributed by atoms with van der Waals surface area (Å²) in [5, 5.41) is 3.41. The van der Waals surface area contributed by atoms with E-state index in [0.717, 1.165) is 11.1 Å². The molecule has 88 valence electrons. The highest BCUT2D eigenvalue weighted by Crippen LogP contribution is 2.15. The van der Waals surface area contributed by atoms with Gasteiger partial charge in [0.1, 0.15) is 0 Å². The maximum Gasteiger partial charge on any atom is 0.287 e. The number of amides is 1. The van der Waals surface area contributed by atoms with Crippen LogP contribution in [-0.4, -0.2) is 5.91 Å². The molecule has 2 aromatic rings. The molecule has 1 amide bonds. The van der Waals surface area contributed by atoms with Crippen LogP contribution < -0.4 is 5.32 Å². The predicted molar refractivity (Wildman–Crippen MR) is 66.1 cm³/mol. The third-order valence-corrected chi connectivity index (χ3v) is 2.83. The summed E-state index contributed by atoms with van der Waals surface area (Å²) in [6.45, 7) is 2.21. The third-order valence-electron chi connectivity index (χ3n) is 2.47. The number of carbonyl (C=O) groups is 1. The summed E-state index contributed by atoms with van der Waals surface area (Å²) in [6.07, 6.45) is 1.50. The number of benzene rings is 1. The molecule has 0 aliphatic carbocycles. The largest absolute Gasteiger partial charge is 0.459 e. The fourth-order valence-electron chi connectivity index (χ4n) is 1.50. The van der Waals surface area contributed by atoms with E-state index in [1.54, 1.807) is 12.1 Å². The number of rotatable bonds is 3. The number of hydrogen-bond acceptors (Lipinski definition) is 2. The van der Waals surface area contributed by atoms with Crippen molar-refractivity contribution in [3.05, 3.63) is 58.5 Å². The Kier molecular flexibility index (Phi) is 3.49. The van der Waals surface area contributed by atoms with Crippen molar-refractivity contribution in [3.8, 4) is 0 Å². The summed E-state index contributed by atoms with van der Waals surface area (Å²) in [4.78, 5) is 11.8. The molecular weight excluding hydrogens is 238 g/mol. The normalized spacial score (nSPS) is 10.2. The van der Waals surface area contributed by atoms with E-state index in [4.69, 9.17) is 16.0 Å². The first kappa shape index (κ1) is 11.7. The Hall–Kier alpha value is -1.74. The summed E-state index contributed by atoms with van der Waals surface area (Å²) < 4.78 is 5.10. The molecule has 4 heteroatoms. The van der Waals surface area contributed by atoms with Crippen molar-refractivity contribution in [3.63, 3.8) is 0 Å². The van der Waals surface area contributed by atoms with E-state index >= 15 is 0 Å². The van der Waals surface area contributed by atoms with E-state index in [0.29, 0.717) is 17.3 Å². The molecule has 0 radical (unpaired) electrons. The van der Waals surface area contributed by atoms with Crippen LogP contribution in [0.2, 0.25) is 5.02 Å². The summed E-state index contributed by atoms with van der Waals surface area (Å²) in [5.41, 5.74) is 1.70. The Morgan fingerprint density at radius 1 is 1.35 bits per heavy atom. The number of aryl methyl sites for hydroxylation is 1. The molecule has 2 rings (SSSR count). The minimum atomic E-state index is -0.229. The Morgan fingerprint density at radius 2 is 2.12 bits per heavy atom. The van der Waals surface area contributed by atoms with Crippen LogP contribution in [0.25, 0.3) is 0 Å². The van der Waals surface area contributed by atoms with Gasteiger partial charge in [-0.15, -0.1) is 0 Å². The highest BCUT2D eigenvalue weighted by Gasteiger charge is 2.12. The lowest BCUT2D eigenvalue weighted by Gasteiger charge is -2.05. The smallest absolute Gasteiger partial charge is 0.287 e. The second-order valence-corrected chi connectivity index (χ2v) is 4.11. The maximum absolute atomic E-state index is 11.8. The predicted octanol–water partition coefficient (Wildman–Crippen LogP) is 3.17. The molecule has 0 atom stereocenters. The second-order valence-electron chi connectivity index (χ2n) is 3.71. The third kappa shape index (κ3) is 2.68. The van der Waals surface area contributed by atoms with Gasteiger partial charge in [-0.25, -0.2) is 0 Å². The quantitative estimate of drug-likeness (QED) is 0.908. The minimum absolute atomic E-state index is 0.229. The average Bonchev–Trinajstić information content (AvgIpc) is 2.74. The van der Waals surface area contributed by atoms with Gasteiger partial charge in [-0.2, -0.15) is 0 Å². The molecule has 0 fully saturated rings. The van der Waals surface area contributed by atoms with E-state index < -0.39 is 0 Å². The van der Waals surface area contributed by atoms with Crippen LogP contribution in [0, 0.1) is 6.92 Å². The summed E-state index contributed by atoms with van der Waals surface area (Å²) in [7, 11) is 0. The molecular formula is C13H12ClNO2. The van der Waals surface area contributed by atoms with Gasteiger partial charge in [0.05, 0.1) is 6.26 Å². The van der Waals surface area contributed by atoms with Crippen molar-refractivity contribution in [2.75, 3.05) is 0 Å². The molecule has 1 heterocycles. The molecule has 0 saturated heterocycles. The van der Waals surface area contributed by atoms with E-state index in [1.165, 1.54) is 6.26 Å². The van der Waals surface area contributed by atoms with E-state index in [2.05, 4.69) is 5.32 Å². The molecule has 0 aliphatic heterocycles. The minimum Gasteiger partial charge on any atom is -0.459 e. The van der Waals surface area contributed by atoms with Crippen LogP contribution in [0.3, 0.4) is 0 Å². The number of nitrogens with one attached hydrogen (secondary N) is 1. The highest BCUT2D eigenvalue weighted by atomic mass is 35.5. The van der Waals surface area contributed by atoms with Gasteiger partial charge in [-0.3, -0.25) is 4.79 Å². The van der Waals surface area contributed by atoms with Gasteiger partial charge in [0.25, 0.3) is 5.91 Å². The summed E-state index contributed by atoms with van der Waals surface area (Å²) in [5.74, 6) is 0.115. The lowest BCUT2D eigenvalue weighted by molar-refractivity contribution is 0.0922. The second kappa shape index (κ2) is 5.06. The van der Waals surface area contributed by atoms with Crippen LogP contribution in [0.15, 0.2) is 41.0 Å². The maximum atomic E-state index is 11.8. The lowest BCUT2D eigenvalue weighted by Crippen LogP contribution is -2.23. The molecule has 1 aromatic carbocycles. The van der Waals surface area contributed by atoms with Gasteiger partial charge >= 0.3 is 0 Å². The first-order valence-electron chi connectivity index (χ1n) is 5.24.